The molecule has 1 aromatic rings. The van der Waals surface area contributed by atoms with Crippen LogP contribution in [0.25, 0.3) is 0 Å². The van der Waals surface area contributed by atoms with Gasteiger partial charge < -0.3 is 11.1 Å². The fourth-order valence-electron chi connectivity index (χ4n) is 1.75. The van der Waals surface area contributed by atoms with Gasteiger partial charge in [0.1, 0.15) is 5.82 Å². The zero-order chi connectivity index (χ0) is 12.2. The van der Waals surface area contributed by atoms with E-state index in [0.717, 1.165) is 12.0 Å². The predicted octanol–water partition coefficient (Wildman–Crippen LogP) is 2.46. The van der Waals surface area contributed by atoms with E-state index in [0.29, 0.717) is 6.54 Å². The molecule has 0 saturated heterocycles. The van der Waals surface area contributed by atoms with Crippen LogP contribution in [0.5, 0.6) is 0 Å². The fraction of sp³-hybridized carbons (Fsp3) is 0.538. The molecule has 0 aliphatic carbocycles. The largest absolute Gasteiger partial charge is 0.330 e. The van der Waals surface area contributed by atoms with Crippen molar-refractivity contribution in [3.63, 3.8) is 0 Å². The summed E-state index contributed by atoms with van der Waals surface area (Å²) in [6.07, 6.45) is 0.892. The predicted molar refractivity (Wildman–Crippen MR) is 65.7 cm³/mol. The molecule has 0 amide bonds. The third-order valence-corrected chi connectivity index (χ3v) is 2.91. The van der Waals surface area contributed by atoms with Gasteiger partial charge in [-0.2, -0.15) is 0 Å². The zero-order valence-electron chi connectivity index (χ0n) is 10.3. The van der Waals surface area contributed by atoms with Crippen molar-refractivity contribution in [1.29, 1.82) is 0 Å². The number of rotatable bonds is 5. The Kier molecular flexibility index (Phi) is 4.44. The first kappa shape index (κ1) is 13.1. The molecule has 16 heavy (non-hydrogen) atoms. The average Bonchev–Trinajstić information content (AvgIpc) is 2.26. The molecule has 90 valence electrons. The van der Waals surface area contributed by atoms with Crippen LogP contribution >= 0.6 is 0 Å². The van der Waals surface area contributed by atoms with E-state index < -0.39 is 0 Å². The summed E-state index contributed by atoms with van der Waals surface area (Å²) in [6.45, 7) is 4.87. The van der Waals surface area contributed by atoms with Crippen molar-refractivity contribution in [2.45, 2.75) is 26.3 Å². The van der Waals surface area contributed by atoms with Gasteiger partial charge in [0.2, 0.25) is 0 Å². The number of hydrogen-bond donors (Lipinski definition) is 2. The number of nitrogens with one attached hydrogen (secondary N) is 1. The Labute approximate surface area is 97.0 Å². The molecule has 3 heteroatoms. The Morgan fingerprint density at radius 1 is 1.44 bits per heavy atom. The topological polar surface area (TPSA) is 38.0 Å². The lowest BCUT2D eigenvalue weighted by molar-refractivity contribution is 0.298. The first-order valence-corrected chi connectivity index (χ1v) is 5.61. The zero-order valence-corrected chi connectivity index (χ0v) is 10.3. The van der Waals surface area contributed by atoms with Gasteiger partial charge in [-0.3, -0.25) is 0 Å². The first-order chi connectivity index (χ1) is 7.48. The summed E-state index contributed by atoms with van der Waals surface area (Å²) in [6, 6.07) is 6.87. The van der Waals surface area contributed by atoms with Crippen LogP contribution in [0.2, 0.25) is 0 Å². The Morgan fingerprint density at radius 3 is 2.62 bits per heavy atom. The van der Waals surface area contributed by atoms with Gasteiger partial charge in [0.15, 0.2) is 0 Å². The molecule has 0 saturated carbocycles. The first-order valence-electron chi connectivity index (χ1n) is 5.61. The van der Waals surface area contributed by atoms with E-state index in [1.807, 2.05) is 13.1 Å². The molecule has 1 atom stereocenters. The van der Waals surface area contributed by atoms with Crippen LogP contribution in [0, 0.1) is 11.2 Å². The minimum absolute atomic E-state index is 0.0555. The van der Waals surface area contributed by atoms with Gasteiger partial charge in [0.05, 0.1) is 0 Å². The van der Waals surface area contributed by atoms with Crippen LogP contribution in [0.15, 0.2) is 24.3 Å². The summed E-state index contributed by atoms with van der Waals surface area (Å²) in [5, 5.41) is 3.21. The van der Waals surface area contributed by atoms with E-state index in [2.05, 4.69) is 19.2 Å². The number of nitrogens with two attached hydrogens (primary N) is 1. The third-order valence-electron chi connectivity index (χ3n) is 2.91. The SMILES string of the molecule is CNC(CC(C)(C)CN)c1cccc(F)c1. The molecule has 0 aliphatic heterocycles. The smallest absolute Gasteiger partial charge is 0.123 e. The maximum atomic E-state index is 13.1. The summed E-state index contributed by atoms with van der Waals surface area (Å²) in [5.41, 5.74) is 6.75. The monoisotopic (exact) mass is 224 g/mol. The molecule has 1 unspecified atom stereocenters. The van der Waals surface area contributed by atoms with Crippen molar-refractivity contribution in [3.05, 3.63) is 35.6 Å². The van der Waals surface area contributed by atoms with E-state index in [-0.39, 0.29) is 17.3 Å². The fourth-order valence-corrected chi connectivity index (χ4v) is 1.75. The summed E-state index contributed by atoms with van der Waals surface area (Å²) in [7, 11) is 1.89. The van der Waals surface area contributed by atoms with Gasteiger partial charge in [-0.1, -0.05) is 26.0 Å². The van der Waals surface area contributed by atoms with Crippen molar-refractivity contribution in [2.24, 2.45) is 11.1 Å². The molecular weight excluding hydrogens is 203 g/mol. The van der Waals surface area contributed by atoms with Gasteiger partial charge in [0, 0.05) is 6.04 Å². The second-order valence-electron chi connectivity index (χ2n) is 4.97. The lowest BCUT2D eigenvalue weighted by Gasteiger charge is -2.28. The van der Waals surface area contributed by atoms with Gasteiger partial charge in [0.25, 0.3) is 0 Å². The highest BCUT2D eigenvalue weighted by Gasteiger charge is 2.22. The maximum absolute atomic E-state index is 13.1. The molecule has 0 spiro atoms. The van der Waals surface area contributed by atoms with E-state index in [9.17, 15) is 4.39 Å². The standard InChI is InChI=1S/C13H21FN2/c1-13(2,9-15)8-12(16-3)10-5-4-6-11(14)7-10/h4-7,12,16H,8-9,15H2,1-3H3. The minimum atomic E-state index is -0.191. The summed E-state index contributed by atoms with van der Waals surface area (Å²) < 4.78 is 13.1. The highest BCUT2D eigenvalue weighted by atomic mass is 19.1. The molecule has 2 nitrogen and oxygen atoms in total. The lowest BCUT2D eigenvalue weighted by Crippen LogP contribution is -2.30. The summed E-state index contributed by atoms with van der Waals surface area (Å²) in [5.74, 6) is -0.191. The molecule has 1 rings (SSSR count). The molecule has 0 fully saturated rings. The van der Waals surface area contributed by atoms with Crippen molar-refractivity contribution in [1.82, 2.24) is 5.32 Å². The normalized spacial score (nSPS) is 13.8. The highest BCUT2D eigenvalue weighted by molar-refractivity contribution is 5.20. The van der Waals surface area contributed by atoms with Crippen LogP contribution in [-0.2, 0) is 0 Å². The average molecular weight is 224 g/mol. The van der Waals surface area contributed by atoms with Crippen LogP contribution in [0.3, 0.4) is 0 Å². The quantitative estimate of drug-likeness (QED) is 0.806. The molecule has 0 aromatic heterocycles. The molecule has 0 radical (unpaired) electrons. The summed E-state index contributed by atoms with van der Waals surface area (Å²) in [4.78, 5) is 0. The van der Waals surface area contributed by atoms with E-state index in [1.54, 1.807) is 12.1 Å². The van der Waals surface area contributed by atoms with Crippen molar-refractivity contribution in [3.8, 4) is 0 Å². The molecule has 3 N–H and O–H groups in total. The Morgan fingerprint density at radius 2 is 2.12 bits per heavy atom. The van der Waals surface area contributed by atoms with Gasteiger partial charge in [-0.05, 0) is 43.1 Å². The van der Waals surface area contributed by atoms with Crippen LogP contribution < -0.4 is 11.1 Å². The second-order valence-corrected chi connectivity index (χ2v) is 4.97. The van der Waals surface area contributed by atoms with Crippen molar-refractivity contribution < 1.29 is 4.39 Å². The summed E-state index contributed by atoms with van der Waals surface area (Å²) >= 11 is 0. The minimum Gasteiger partial charge on any atom is -0.330 e. The Hall–Kier alpha value is -0.930. The lowest BCUT2D eigenvalue weighted by atomic mass is 9.83. The number of halogens is 1. The van der Waals surface area contributed by atoms with Gasteiger partial charge in [-0.15, -0.1) is 0 Å². The second kappa shape index (κ2) is 5.41. The van der Waals surface area contributed by atoms with Crippen LogP contribution in [0.1, 0.15) is 31.9 Å². The maximum Gasteiger partial charge on any atom is 0.123 e. The van der Waals surface area contributed by atoms with Gasteiger partial charge >= 0.3 is 0 Å². The highest BCUT2D eigenvalue weighted by Crippen LogP contribution is 2.28. The van der Waals surface area contributed by atoms with Crippen LogP contribution in [0.4, 0.5) is 4.39 Å². The van der Waals surface area contributed by atoms with Crippen molar-refractivity contribution >= 4 is 0 Å². The molecule has 0 aliphatic rings. The Balaban J connectivity index is 2.82. The Bertz CT molecular complexity index is 336. The van der Waals surface area contributed by atoms with Crippen LogP contribution in [-0.4, -0.2) is 13.6 Å². The van der Waals surface area contributed by atoms with Gasteiger partial charge in [-0.25, -0.2) is 4.39 Å². The third kappa shape index (κ3) is 3.58. The molecule has 0 bridgehead atoms. The number of benzene rings is 1. The molecular formula is C13H21FN2. The van der Waals surface area contributed by atoms with E-state index in [4.69, 9.17) is 5.73 Å². The van der Waals surface area contributed by atoms with E-state index in [1.165, 1.54) is 6.07 Å². The van der Waals surface area contributed by atoms with Crippen molar-refractivity contribution in [2.75, 3.05) is 13.6 Å². The molecule has 0 heterocycles. The van der Waals surface area contributed by atoms with E-state index >= 15 is 0 Å². The molecule has 1 aromatic carbocycles. The number of hydrogen-bond acceptors (Lipinski definition) is 2.